The Bertz CT molecular complexity index is 1440. The zero-order valence-electron chi connectivity index (χ0n) is 20.9. The van der Waals surface area contributed by atoms with Crippen molar-refractivity contribution in [1.82, 2.24) is 19.5 Å². The number of aromatic amines is 1. The Morgan fingerprint density at radius 3 is 2.37 bits per heavy atom. The van der Waals surface area contributed by atoms with Gasteiger partial charge in [-0.2, -0.15) is 4.98 Å². The number of rotatable bonds is 6. The zero-order valence-corrected chi connectivity index (χ0v) is 20.9. The van der Waals surface area contributed by atoms with Crippen molar-refractivity contribution >= 4 is 29.1 Å². The van der Waals surface area contributed by atoms with Crippen molar-refractivity contribution in [2.24, 2.45) is 5.92 Å². The number of hydrogen-bond donors (Lipinski definition) is 2. The maximum absolute atomic E-state index is 12.3. The van der Waals surface area contributed by atoms with Gasteiger partial charge in [-0.05, 0) is 11.1 Å². The van der Waals surface area contributed by atoms with Crippen LogP contribution >= 0.6 is 0 Å². The van der Waals surface area contributed by atoms with Crippen LogP contribution in [0.4, 0.5) is 5.95 Å². The van der Waals surface area contributed by atoms with Gasteiger partial charge in [-0.25, -0.2) is 4.98 Å². The lowest BCUT2D eigenvalue weighted by atomic mass is 10.0. The molecule has 2 heterocycles. The predicted octanol–water partition coefficient (Wildman–Crippen LogP) is 3.22. The van der Waals surface area contributed by atoms with E-state index in [-0.39, 0.29) is 36.5 Å². The number of nitrogens with two attached hydrogens (primary N) is 1. The number of carbonyl (C=O) groups is 2. The summed E-state index contributed by atoms with van der Waals surface area (Å²) in [6.07, 6.45) is 1.45. The SMILES string of the molecule is C=C1[C@H](COC(=O)Cc2ccccc2)[C@@H](OC(C)=O)C[C@@H]1n1cnc2c(=O)[nH]c(N)nc21.c1ccccc1. The third-order valence-corrected chi connectivity index (χ3v) is 6.19. The van der Waals surface area contributed by atoms with E-state index in [9.17, 15) is 14.4 Å². The Kier molecular flexibility index (Phi) is 8.32. The molecular weight excluding hydrogens is 486 g/mol. The topological polar surface area (TPSA) is 142 Å². The van der Waals surface area contributed by atoms with Crippen LogP contribution in [0.1, 0.15) is 24.9 Å². The number of hydrogen-bond acceptors (Lipinski definition) is 8. The van der Waals surface area contributed by atoms with Crippen LogP contribution in [0, 0.1) is 5.92 Å². The molecule has 2 aromatic carbocycles. The number of anilines is 1. The van der Waals surface area contributed by atoms with E-state index in [1.54, 1.807) is 4.57 Å². The van der Waals surface area contributed by atoms with Crippen molar-refractivity contribution in [3.05, 3.63) is 101 Å². The highest BCUT2D eigenvalue weighted by atomic mass is 16.6. The highest BCUT2D eigenvalue weighted by Crippen LogP contribution is 2.42. The number of H-pyrrole nitrogens is 1. The van der Waals surface area contributed by atoms with E-state index in [0.29, 0.717) is 17.6 Å². The number of nitrogen functional groups attached to an aromatic ring is 1. The number of esters is 2. The zero-order chi connectivity index (χ0) is 27.1. The lowest BCUT2D eigenvalue weighted by Gasteiger charge is -2.20. The highest BCUT2D eigenvalue weighted by Gasteiger charge is 2.42. The fraction of sp³-hybridized carbons (Fsp3) is 0.250. The molecule has 10 nitrogen and oxygen atoms in total. The molecule has 0 radical (unpaired) electrons. The molecular formula is C28H29N5O5. The summed E-state index contributed by atoms with van der Waals surface area (Å²) < 4.78 is 12.7. The monoisotopic (exact) mass is 515 g/mol. The summed E-state index contributed by atoms with van der Waals surface area (Å²) in [6.45, 7) is 5.51. The normalized spacial score (nSPS) is 18.4. The Balaban J connectivity index is 0.000000494. The van der Waals surface area contributed by atoms with E-state index in [0.717, 1.165) is 5.56 Å². The fourth-order valence-corrected chi connectivity index (χ4v) is 4.42. The maximum atomic E-state index is 12.3. The molecule has 1 fully saturated rings. The molecule has 38 heavy (non-hydrogen) atoms. The number of imidazole rings is 1. The molecule has 10 heteroatoms. The van der Waals surface area contributed by atoms with Crippen LogP contribution in [0.3, 0.4) is 0 Å². The summed E-state index contributed by atoms with van der Waals surface area (Å²) in [5.74, 6) is -1.28. The summed E-state index contributed by atoms with van der Waals surface area (Å²) in [5.41, 5.74) is 7.23. The number of aromatic nitrogens is 4. The first-order chi connectivity index (χ1) is 18.3. The number of carbonyl (C=O) groups excluding carboxylic acids is 2. The van der Waals surface area contributed by atoms with Crippen LogP contribution in [0.25, 0.3) is 11.2 Å². The number of nitrogens with one attached hydrogen (secondary N) is 1. The average Bonchev–Trinajstić information content (AvgIpc) is 3.45. The number of ether oxygens (including phenoxy) is 2. The fourth-order valence-electron chi connectivity index (χ4n) is 4.42. The van der Waals surface area contributed by atoms with Gasteiger partial charge >= 0.3 is 11.9 Å². The molecule has 3 N–H and O–H groups in total. The summed E-state index contributed by atoms with van der Waals surface area (Å²) in [7, 11) is 0. The molecule has 1 saturated carbocycles. The van der Waals surface area contributed by atoms with Gasteiger partial charge in [0.1, 0.15) is 12.7 Å². The van der Waals surface area contributed by atoms with E-state index < -0.39 is 23.6 Å². The van der Waals surface area contributed by atoms with Crippen molar-refractivity contribution in [3.8, 4) is 0 Å². The molecule has 0 aliphatic heterocycles. The number of benzene rings is 2. The Morgan fingerprint density at radius 2 is 1.74 bits per heavy atom. The Morgan fingerprint density at radius 1 is 1.11 bits per heavy atom. The molecule has 0 bridgehead atoms. The quantitative estimate of drug-likeness (QED) is 0.294. The van der Waals surface area contributed by atoms with E-state index in [4.69, 9.17) is 15.2 Å². The van der Waals surface area contributed by atoms with Gasteiger partial charge < -0.3 is 19.8 Å². The first kappa shape index (κ1) is 26.3. The van der Waals surface area contributed by atoms with Crippen LogP contribution in [0.15, 0.2) is 90.0 Å². The van der Waals surface area contributed by atoms with Crippen LogP contribution < -0.4 is 11.3 Å². The van der Waals surface area contributed by atoms with Crippen LogP contribution in [0.2, 0.25) is 0 Å². The van der Waals surface area contributed by atoms with Crippen LogP contribution in [0.5, 0.6) is 0 Å². The molecule has 5 rings (SSSR count). The van der Waals surface area contributed by atoms with Gasteiger partial charge in [0.2, 0.25) is 5.95 Å². The molecule has 0 saturated heterocycles. The minimum Gasteiger partial charge on any atom is -0.465 e. The molecule has 0 spiro atoms. The first-order valence-corrected chi connectivity index (χ1v) is 12.1. The van der Waals surface area contributed by atoms with Gasteiger partial charge in [-0.1, -0.05) is 73.3 Å². The smallest absolute Gasteiger partial charge is 0.310 e. The minimum atomic E-state index is -0.550. The third-order valence-electron chi connectivity index (χ3n) is 6.19. The number of nitrogens with zero attached hydrogens (tertiary/aromatic N) is 3. The Labute approximate surface area is 219 Å². The van der Waals surface area contributed by atoms with E-state index in [1.165, 1.54) is 13.3 Å². The van der Waals surface area contributed by atoms with Crippen molar-refractivity contribution in [1.29, 1.82) is 0 Å². The van der Waals surface area contributed by atoms with Crippen molar-refractivity contribution < 1.29 is 19.1 Å². The van der Waals surface area contributed by atoms with Crippen LogP contribution in [-0.4, -0.2) is 44.2 Å². The summed E-state index contributed by atoms with van der Waals surface area (Å²) in [5, 5.41) is 0. The summed E-state index contributed by atoms with van der Waals surface area (Å²) >= 11 is 0. The molecule has 0 unspecified atom stereocenters. The molecule has 1 aliphatic rings. The largest absolute Gasteiger partial charge is 0.465 e. The van der Waals surface area contributed by atoms with E-state index in [1.807, 2.05) is 66.7 Å². The third kappa shape index (κ3) is 6.33. The van der Waals surface area contributed by atoms with Crippen LogP contribution in [-0.2, 0) is 25.5 Å². The first-order valence-electron chi connectivity index (χ1n) is 12.1. The highest BCUT2D eigenvalue weighted by molar-refractivity contribution is 5.73. The molecule has 0 amide bonds. The molecule has 4 aromatic rings. The second-order valence-electron chi connectivity index (χ2n) is 8.86. The van der Waals surface area contributed by atoms with Gasteiger partial charge in [-0.3, -0.25) is 19.4 Å². The summed E-state index contributed by atoms with van der Waals surface area (Å²) in [4.78, 5) is 46.9. The average molecular weight is 516 g/mol. The van der Waals surface area contributed by atoms with Gasteiger partial charge in [-0.15, -0.1) is 0 Å². The summed E-state index contributed by atoms with van der Waals surface area (Å²) in [6, 6.07) is 20.9. The van der Waals surface area contributed by atoms with Crippen molar-refractivity contribution in [2.45, 2.75) is 31.9 Å². The van der Waals surface area contributed by atoms with Gasteiger partial charge in [0, 0.05) is 13.3 Å². The van der Waals surface area contributed by atoms with Crippen molar-refractivity contribution in [3.63, 3.8) is 0 Å². The molecule has 1 aliphatic carbocycles. The molecule has 2 aromatic heterocycles. The lowest BCUT2D eigenvalue weighted by Crippen LogP contribution is -2.26. The van der Waals surface area contributed by atoms with E-state index in [2.05, 4.69) is 21.5 Å². The standard InChI is InChI=1S/C22H23N5O5.C6H6/c1-12-15(10-31-18(29)8-14-6-4-3-5-7-14)17(32-13(2)28)9-16(12)27-11-24-19-20(27)25-22(23)26-21(19)30;1-2-4-6-5-3-1/h3-7,11,15-17H,1,8-10H2,2H3,(H3,23,25,26,30);1-6H/t15-,16-,17-;/m0./s1. The van der Waals surface area contributed by atoms with E-state index >= 15 is 0 Å². The lowest BCUT2D eigenvalue weighted by molar-refractivity contribution is -0.151. The minimum absolute atomic E-state index is 0.0156. The van der Waals surface area contributed by atoms with Gasteiger partial charge in [0.15, 0.2) is 11.2 Å². The van der Waals surface area contributed by atoms with Gasteiger partial charge in [0.25, 0.3) is 5.56 Å². The van der Waals surface area contributed by atoms with Gasteiger partial charge in [0.05, 0.1) is 24.7 Å². The molecule has 196 valence electrons. The molecule has 3 atom stereocenters. The maximum Gasteiger partial charge on any atom is 0.310 e. The Hall–Kier alpha value is -4.73. The second-order valence-corrected chi connectivity index (χ2v) is 8.86. The second kappa shape index (κ2) is 12.0. The predicted molar refractivity (Wildman–Crippen MR) is 142 cm³/mol. The van der Waals surface area contributed by atoms with Crippen molar-refractivity contribution in [2.75, 3.05) is 12.3 Å². The number of fused-ring (bicyclic) bond motifs is 1.